The first kappa shape index (κ1) is 26.0. The monoisotopic (exact) mass is 493 g/mol. The van der Waals surface area contributed by atoms with E-state index in [4.69, 9.17) is 4.74 Å². The van der Waals surface area contributed by atoms with Crippen molar-refractivity contribution in [2.45, 2.75) is 44.4 Å². The molecular formula is C26H31N5O3S. The van der Waals surface area contributed by atoms with Crippen LogP contribution in [-0.2, 0) is 29.0 Å². The molecule has 1 atom stereocenters. The van der Waals surface area contributed by atoms with Crippen LogP contribution in [0, 0.1) is 0 Å². The third kappa shape index (κ3) is 7.45. The Morgan fingerprint density at radius 2 is 1.77 bits per heavy atom. The summed E-state index contributed by atoms with van der Waals surface area (Å²) in [5.74, 6) is 1.27. The molecule has 35 heavy (non-hydrogen) atoms. The highest BCUT2D eigenvalue weighted by Crippen LogP contribution is 2.21. The second kappa shape index (κ2) is 12.8. The van der Waals surface area contributed by atoms with Gasteiger partial charge < -0.3 is 19.9 Å². The van der Waals surface area contributed by atoms with E-state index >= 15 is 0 Å². The van der Waals surface area contributed by atoms with Gasteiger partial charge in [0.25, 0.3) is 0 Å². The number of hydrogen-bond acceptors (Lipinski definition) is 6. The summed E-state index contributed by atoms with van der Waals surface area (Å²) in [4.78, 5) is 25.0. The zero-order valence-corrected chi connectivity index (χ0v) is 21.1. The van der Waals surface area contributed by atoms with Crippen molar-refractivity contribution in [2.75, 3.05) is 18.2 Å². The molecule has 2 N–H and O–H groups in total. The van der Waals surface area contributed by atoms with Crippen molar-refractivity contribution in [3.8, 4) is 5.75 Å². The van der Waals surface area contributed by atoms with Gasteiger partial charge >= 0.3 is 0 Å². The second-order valence-electron chi connectivity index (χ2n) is 7.94. The van der Waals surface area contributed by atoms with Gasteiger partial charge in [-0.15, -0.1) is 16.8 Å². The molecule has 2 amide bonds. The molecule has 0 aliphatic heterocycles. The Kier molecular flexibility index (Phi) is 9.48. The summed E-state index contributed by atoms with van der Waals surface area (Å²) >= 11 is 1.29. The van der Waals surface area contributed by atoms with Crippen molar-refractivity contribution in [2.24, 2.45) is 0 Å². The Morgan fingerprint density at radius 3 is 2.40 bits per heavy atom. The van der Waals surface area contributed by atoms with Crippen molar-refractivity contribution in [1.82, 2.24) is 20.1 Å². The first-order valence-electron chi connectivity index (χ1n) is 11.4. The Balaban J connectivity index is 1.59. The molecule has 0 fully saturated rings. The normalized spacial score (nSPS) is 11.5. The van der Waals surface area contributed by atoms with Crippen molar-refractivity contribution in [3.05, 3.63) is 78.1 Å². The number of nitrogens with one attached hydrogen (secondary N) is 2. The van der Waals surface area contributed by atoms with Gasteiger partial charge in [-0.2, -0.15) is 0 Å². The van der Waals surface area contributed by atoms with Gasteiger partial charge in [-0.25, -0.2) is 0 Å². The number of allylic oxidation sites excluding steroid dienone is 1. The number of carbonyl (C=O) groups is 2. The number of carbonyl (C=O) groups excluding carboxylic acids is 2. The molecule has 2 aromatic carbocycles. The number of ether oxygens (including phenoxy) is 1. The van der Waals surface area contributed by atoms with Gasteiger partial charge in [-0.1, -0.05) is 49.0 Å². The van der Waals surface area contributed by atoms with E-state index in [1.807, 2.05) is 60.0 Å². The molecule has 0 bridgehead atoms. The average molecular weight is 494 g/mol. The number of anilines is 1. The molecule has 3 rings (SSSR count). The number of methoxy groups -OCH3 is 1. The summed E-state index contributed by atoms with van der Waals surface area (Å²) < 4.78 is 7.01. The minimum atomic E-state index is -0.367. The third-order valence-electron chi connectivity index (χ3n) is 5.32. The van der Waals surface area contributed by atoms with Gasteiger partial charge in [0, 0.05) is 12.2 Å². The molecule has 3 aromatic rings. The fourth-order valence-electron chi connectivity index (χ4n) is 3.46. The molecule has 0 aliphatic rings. The minimum absolute atomic E-state index is 0.126. The third-order valence-corrected chi connectivity index (χ3v) is 6.29. The Hall–Kier alpha value is -3.59. The lowest BCUT2D eigenvalue weighted by molar-refractivity contribution is -0.121. The quantitative estimate of drug-likeness (QED) is 0.290. The van der Waals surface area contributed by atoms with Gasteiger partial charge in [-0.3, -0.25) is 9.59 Å². The molecule has 0 saturated heterocycles. The standard InChI is InChI=1S/C26H31N5O3S/c1-5-15-31-25(18(3)27-23(32)16-20-9-13-22(34-4)14-10-20)29-30-26(31)35-17-24(33)28-21-11-7-19(6-2)8-12-21/h5,7-14,18H,1,6,15-17H2,2-4H3,(H,27,32)(H,28,33)/t18-/m1/s1. The lowest BCUT2D eigenvalue weighted by atomic mass is 10.1. The summed E-state index contributed by atoms with van der Waals surface area (Å²) in [6, 6.07) is 14.8. The van der Waals surface area contributed by atoms with E-state index in [1.54, 1.807) is 13.2 Å². The second-order valence-corrected chi connectivity index (χ2v) is 8.88. The Morgan fingerprint density at radius 1 is 1.09 bits per heavy atom. The van der Waals surface area contributed by atoms with E-state index in [9.17, 15) is 9.59 Å². The van der Waals surface area contributed by atoms with E-state index < -0.39 is 0 Å². The predicted octanol–water partition coefficient (Wildman–Crippen LogP) is 4.19. The lowest BCUT2D eigenvalue weighted by Crippen LogP contribution is -2.30. The van der Waals surface area contributed by atoms with Crippen LogP contribution in [0.25, 0.3) is 0 Å². The molecule has 184 valence electrons. The highest BCUT2D eigenvalue weighted by atomic mass is 32.2. The predicted molar refractivity (Wildman–Crippen MR) is 139 cm³/mol. The number of aromatic nitrogens is 3. The summed E-state index contributed by atoms with van der Waals surface area (Å²) in [6.07, 6.45) is 2.93. The molecule has 1 heterocycles. The number of nitrogens with zero attached hydrogens (tertiary/aromatic N) is 3. The Bertz CT molecular complexity index is 1140. The number of benzene rings is 2. The van der Waals surface area contributed by atoms with Crippen molar-refractivity contribution < 1.29 is 14.3 Å². The molecule has 0 saturated carbocycles. The first-order chi connectivity index (χ1) is 16.9. The van der Waals surface area contributed by atoms with Crippen LogP contribution in [0.4, 0.5) is 5.69 Å². The topological polar surface area (TPSA) is 98.1 Å². The van der Waals surface area contributed by atoms with Crippen LogP contribution in [-0.4, -0.2) is 39.4 Å². The zero-order valence-electron chi connectivity index (χ0n) is 20.3. The zero-order chi connectivity index (χ0) is 25.2. The van der Waals surface area contributed by atoms with Crippen molar-refractivity contribution in [3.63, 3.8) is 0 Å². The number of amides is 2. The van der Waals surface area contributed by atoms with Crippen LogP contribution >= 0.6 is 11.8 Å². The van der Waals surface area contributed by atoms with Crippen LogP contribution < -0.4 is 15.4 Å². The van der Waals surface area contributed by atoms with E-state index in [1.165, 1.54) is 17.3 Å². The maximum Gasteiger partial charge on any atom is 0.234 e. The minimum Gasteiger partial charge on any atom is -0.497 e. The lowest BCUT2D eigenvalue weighted by Gasteiger charge is -2.15. The van der Waals surface area contributed by atoms with Gasteiger partial charge in [0.05, 0.1) is 25.3 Å². The first-order valence-corrected chi connectivity index (χ1v) is 12.4. The smallest absolute Gasteiger partial charge is 0.234 e. The van der Waals surface area contributed by atoms with Gasteiger partial charge in [0.1, 0.15) is 5.75 Å². The fraction of sp³-hybridized carbons (Fsp3) is 0.308. The molecule has 1 aromatic heterocycles. The van der Waals surface area contributed by atoms with E-state index in [0.29, 0.717) is 17.5 Å². The summed E-state index contributed by atoms with van der Waals surface area (Å²) in [5.41, 5.74) is 2.86. The molecule has 0 aliphatic carbocycles. The number of hydrogen-bond donors (Lipinski definition) is 2. The molecule has 8 nitrogen and oxygen atoms in total. The average Bonchev–Trinajstić information content (AvgIpc) is 3.26. The van der Waals surface area contributed by atoms with Gasteiger partial charge in [-0.05, 0) is 48.7 Å². The van der Waals surface area contributed by atoms with Crippen LogP contribution in [0.2, 0.25) is 0 Å². The maximum absolute atomic E-state index is 12.6. The molecular weight excluding hydrogens is 462 g/mol. The van der Waals surface area contributed by atoms with Crippen LogP contribution in [0.5, 0.6) is 5.75 Å². The van der Waals surface area contributed by atoms with Crippen LogP contribution in [0.1, 0.15) is 36.8 Å². The number of thioether (sulfide) groups is 1. The van der Waals surface area contributed by atoms with Crippen LogP contribution in [0.3, 0.4) is 0 Å². The molecule has 0 unspecified atom stereocenters. The summed E-state index contributed by atoms with van der Waals surface area (Å²) in [6.45, 7) is 8.22. The number of aryl methyl sites for hydroxylation is 1. The highest BCUT2D eigenvalue weighted by Gasteiger charge is 2.20. The largest absolute Gasteiger partial charge is 0.497 e. The summed E-state index contributed by atoms with van der Waals surface area (Å²) in [5, 5.41) is 15.0. The van der Waals surface area contributed by atoms with E-state index in [0.717, 1.165) is 23.4 Å². The van der Waals surface area contributed by atoms with Crippen molar-refractivity contribution in [1.29, 1.82) is 0 Å². The van der Waals surface area contributed by atoms with E-state index in [-0.39, 0.29) is 30.0 Å². The van der Waals surface area contributed by atoms with E-state index in [2.05, 4.69) is 34.3 Å². The highest BCUT2D eigenvalue weighted by molar-refractivity contribution is 7.99. The molecule has 0 radical (unpaired) electrons. The fourth-order valence-corrected chi connectivity index (χ4v) is 4.22. The molecule has 0 spiro atoms. The van der Waals surface area contributed by atoms with Gasteiger partial charge in [0.2, 0.25) is 11.8 Å². The number of rotatable bonds is 12. The van der Waals surface area contributed by atoms with Crippen LogP contribution in [0.15, 0.2) is 66.3 Å². The van der Waals surface area contributed by atoms with Gasteiger partial charge in [0.15, 0.2) is 11.0 Å². The van der Waals surface area contributed by atoms with Crippen molar-refractivity contribution >= 4 is 29.3 Å². The summed E-state index contributed by atoms with van der Waals surface area (Å²) in [7, 11) is 1.60. The Labute approximate surface area is 210 Å². The SMILES string of the molecule is C=CCn1c(SCC(=O)Nc2ccc(CC)cc2)nnc1[C@@H](C)NC(=O)Cc1ccc(OC)cc1. The maximum atomic E-state index is 12.6. The molecule has 9 heteroatoms.